The summed E-state index contributed by atoms with van der Waals surface area (Å²) in [6.07, 6.45) is 6.19. The van der Waals surface area contributed by atoms with E-state index in [4.69, 9.17) is 0 Å². The van der Waals surface area contributed by atoms with Crippen molar-refractivity contribution < 1.29 is 23.4 Å². The molecule has 1 amide bonds. The number of nitrogens with zero attached hydrogens (tertiary/aromatic N) is 1. The number of rotatable bonds is 9. The molecule has 1 saturated carbocycles. The molecule has 1 heterocycles. The minimum Gasteiger partial charge on any atom is -0.393 e. The summed E-state index contributed by atoms with van der Waals surface area (Å²) in [6.45, 7) is 2.96. The first kappa shape index (κ1) is 24.5. The van der Waals surface area contributed by atoms with Gasteiger partial charge in [0, 0.05) is 17.5 Å². The van der Waals surface area contributed by atoms with Gasteiger partial charge in [0.15, 0.2) is 5.13 Å². The molecule has 0 spiro atoms. The van der Waals surface area contributed by atoms with E-state index in [0.29, 0.717) is 16.3 Å². The fourth-order valence-corrected chi connectivity index (χ4v) is 5.45. The zero-order valence-corrected chi connectivity index (χ0v) is 19.8. The zero-order chi connectivity index (χ0) is 23.4. The van der Waals surface area contributed by atoms with Gasteiger partial charge in [0.05, 0.1) is 17.2 Å². The molecule has 8 nitrogen and oxygen atoms in total. The van der Waals surface area contributed by atoms with Crippen LogP contribution in [0, 0.1) is 5.92 Å². The second kappa shape index (κ2) is 10.2. The first-order chi connectivity index (χ1) is 15.2. The Balaban J connectivity index is 1.87. The van der Waals surface area contributed by atoms with Crippen LogP contribution in [0.5, 0.6) is 0 Å². The molecule has 1 aromatic heterocycles. The fraction of sp³-hybridized carbons (Fsp3) is 0.455. The number of thiazole rings is 1. The maximum absolute atomic E-state index is 13.2. The molecule has 1 aliphatic rings. The minimum absolute atomic E-state index is 0.138. The Morgan fingerprint density at radius 3 is 2.53 bits per heavy atom. The number of hydrogen-bond acceptors (Lipinski definition) is 7. The largest absolute Gasteiger partial charge is 0.393 e. The van der Waals surface area contributed by atoms with Crippen LogP contribution in [0.4, 0.5) is 5.13 Å². The van der Waals surface area contributed by atoms with Crippen LogP contribution in [0.3, 0.4) is 0 Å². The van der Waals surface area contributed by atoms with Gasteiger partial charge >= 0.3 is 0 Å². The zero-order valence-electron chi connectivity index (χ0n) is 18.2. The number of benzene rings is 1. The van der Waals surface area contributed by atoms with Crippen molar-refractivity contribution in [3.63, 3.8) is 0 Å². The third-order valence-corrected chi connectivity index (χ3v) is 7.76. The van der Waals surface area contributed by atoms with Gasteiger partial charge in [-0.1, -0.05) is 38.0 Å². The Kier molecular flexibility index (Phi) is 7.84. The van der Waals surface area contributed by atoms with Crippen molar-refractivity contribution in [1.29, 1.82) is 0 Å². The smallest absolute Gasteiger partial charge is 0.257 e. The maximum Gasteiger partial charge on any atom is 0.257 e. The summed E-state index contributed by atoms with van der Waals surface area (Å²) in [7, 11) is -3.58. The number of aliphatic hydroxyl groups excluding tert-OH is 1. The summed E-state index contributed by atoms with van der Waals surface area (Å²) in [5.41, 5.74) is -0.144. The van der Waals surface area contributed by atoms with Gasteiger partial charge in [-0.05, 0) is 43.4 Å². The number of carbonyl (C=O) groups excluding carboxylic acids is 1. The van der Waals surface area contributed by atoms with E-state index in [2.05, 4.69) is 15.0 Å². The van der Waals surface area contributed by atoms with Gasteiger partial charge in [-0.15, -0.1) is 11.3 Å². The number of allylic oxidation sites excluding steroid dienone is 1. The highest BCUT2D eigenvalue weighted by atomic mass is 32.2. The van der Waals surface area contributed by atoms with Crippen LogP contribution in [0.1, 0.15) is 50.8 Å². The molecule has 0 radical (unpaired) electrons. The first-order valence-electron chi connectivity index (χ1n) is 10.6. The average Bonchev–Trinajstić information content (AvgIpc) is 3.44. The van der Waals surface area contributed by atoms with Crippen LogP contribution >= 0.6 is 11.3 Å². The number of anilines is 1. The fourth-order valence-electron chi connectivity index (χ4n) is 3.57. The van der Waals surface area contributed by atoms with Crippen molar-refractivity contribution in [2.45, 2.75) is 50.0 Å². The monoisotopic (exact) mass is 479 g/mol. The molecule has 0 aliphatic heterocycles. The van der Waals surface area contributed by atoms with E-state index in [1.54, 1.807) is 24.4 Å². The molecule has 4 N–H and O–H groups in total. The number of amides is 1. The van der Waals surface area contributed by atoms with Crippen LogP contribution in [0.25, 0.3) is 5.57 Å². The third kappa shape index (κ3) is 5.81. The molecule has 0 bridgehead atoms. The highest BCUT2D eigenvalue weighted by Gasteiger charge is 2.26. The lowest BCUT2D eigenvalue weighted by Crippen LogP contribution is -2.26. The first-order valence-corrected chi connectivity index (χ1v) is 12.9. The molecule has 0 saturated heterocycles. The van der Waals surface area contributed by atoms with Crippen molar-refractivity contribution in [1.82, 2.24) is 9.71 Å². The van der Waals surface area contributed by atoms with E-state index < -0.39 is 22.2 Å². The van der Waals surface area contributed by atoms with E-state index in [9.17, 15) is 23.4 Å². The summed E-state index contributed by atoms with van der Waals surface area (Å²) in [6, 6.07) is 6.24. The lowest BCUT2D eigenvalue weighted by atomic mass is 9.98. The van der Waals surface area contributed by atoms with Gasteiger partial charge in [-0.2, -0.15) is 0 Å². The van der Waals surface area contributed by atoms with Crippen LogP contribution in [-0.2, 0) is 20.4 Å². The van der Waals surface area contributed by atoms with Gasteiger partial charge < -0.3 is 10.2 Å². The maximum atomic E-state index is 13.2. The number of sulfonamides is 1. The molecule has 10 heteroatoms. The second-order valence-electron chi connectivity index (χ2n) is 8.07. The topological polar surface area (TPSA) is 129 Å². The summed E-state index contributed by atoms with van der Waals surface area (Å²) < 4.78 is 26.9. The van der Waals surface area contributed by atoms with E-state index in [0.717, 1.165) is 37.0 Å². The molecular weight excluding hydrogens is 450 g/mol. The second-order valence-corrected chi connectivity index (χ2v) is 10.7. The highest BCUT2D eigenvalue weighted by molar-refractivity contribution is 7.89. The van der Waals surface area contributed by atoms with Crippen molar-refractivity contribution >= 4 is 38.0 Å². The molecule has 1 fully saturated rings. The SMILES string of the molecule is CCNS(=O)(=O)c1ccc(/C(=C\C2CCCC2)C(=O)Nc2nc(C(C)(O)CO)cs2)cc1. The summed E-state index contributed by atoms with van der Waals surface area (Å²) >= 11 is 1.16. The summed E-state index contributed by atoms with van der Waals surface area (Å²) in [5, 5.41) is 24.2. The molecule has 1 aliphatic carbocycles. The standard InChI is InChI=1S/C22H29N3O5S2/c1-3-23-32(29,30)17-10-8-16(9-11-17)18(12-15-6-4-5-7-15)20(27)25-21-24-19(13-31-21)22(2,28)14-26/h8-13,15,23,26,28H,3-7,14H2,1-2H3,(H,24,25,27)/b18-12+. The predicted octanol–water partition coefficient (Wildman–Crippen LogP) is 2.85. The Labute approximate surface area is 192 Å². The van der Waals surface area contributed by atoms with E-state index in [-0.39, 0.29) is 29.0 Å². The van der Waals surface area contributed by atoms with Gasteiger partial charge in [0.1, 0.15) is 5.60 Å². The normalized spacial score (nSPS) is 17.3. The number of aliphatic hydroxyl groups is 2. The lowest BCUT2D eigenvalue weighted by molar-refractivity contribution is -0.111. The van der Waals surface area contributed by atoms with Crippen molar-refractivity contribution in [3.05, 3.63) is 47.0 Å². The lowest BCUT2D eigenvalue weighted by Gasteiger charge is -2.17. The molecule has 2 aromatic rings. The van der Waals surface area contributed by atoms with Crippen molar-refractivity contribution in [2.24, 2.45) is 5.92 Å². The highest BCUT2D eigenvalue weighted by Crippen LogP contribution is 2.31. The molecule has 174 valence electrons. The average molecular weight is 480 g/mol. The van der Waals surface area contributed by atoms with Crippen LogP contribution in [0.2, 0.25) is 0 Å². The summed E-state index contributed by atoms with van der Waals surface area (Å²) in [5.74, 6) is -0.0772. The van der Waals surface area contributed by atoms with Gasteiger partial charge in [-0.3, -0.25) is 10.1 Å². The molecule has 1 unspecified atom stereocenters. The number of carbonyl (C=O) groups is 1. The summed E-state index contributed by atoms with van der Waals surface area (Å²) in [4.78, 5) is 17.5. The van der Waals surface area contributed by atoms with Gasteiger partial charge in [0.25, 0.3) is 5.91 Å². The number of nitrogens with one attached hydrogen (secondary N) is 2. The molecule has 1 atom stereocenters. The Morgan fingerprint density at radius 1 is 1.28 bits per heavy atom. The van der Waals surface area contributed by atoms with E-state index in [1.165, 1.54) is 19.1 Å². The van der Waals surface area contributed by atoms with E-state index in [1.807, 2.05) is 6.08 Å². The molecule has 3 rings (SSSR count). The number of aromatic nitrogens is 1. The molecular formula is C22H29N3O5S2. The van der Waals surface area contributed by atoms with Gasteiger partial charge in [-0.25, -0.2) is 18.1 Å². The molecule has 1 aromatic carbocycles. The van der Waals surface area contributed by atoms with E-state index >= 15 is 0 Å². The number of hydrogen-bond donors (Lipinski definition) is 4. The van der Waals surface area contributed by atoms with Crippen LogP contribution in [0.15, 0.2) is 40.6 Å². The van der Waals surface area contributed by atoms with Crippen LogP contribution in [-0.4, -0.2) is 42.7 Å². The predicted molar refractivity (Wildman–Crippen MR) is 125 cm³/mol. The quantitative estimate of drug-likeness (QED) is 0.410. The third-order valence-electron chi connectivity index (χ3n) is 5.44. The minimum atomic E-state index is -3.58. The molecule has 32 heavy (non-hydrogen) atoms. The van der Waals surface area contributed by atoms with Crippen molar-refractivity contribution in [2.75, 3.05) is 18.5 Å². The van der Waals surface area contributed by atoms with Crippen LogP contribution < -0.4 is 10.0 Å². The Morgan fingerprint density at radius 2 is 1.94 bits per heavy atom. The Bertz CT molecular complexity index is 1070. The van der Waals surface area contributed by atoms with Crippen molar-refractivity contribution in [3.8, 4) is 0 Å². The van der Waals surface area contributed by atoms with Gasteiger partial charge in [0.2, 0.25) is 10.0 Å². The Hall–Kier alpha value is -2.11.